The first kappa shape index (κ1) is 20.7. The van der Waals surface area contributed by atoms with E-state index in [0.29, 0.717) is 17.4 Å². The van der Waals surface area contributed by atoms with Crippen LogP contribution in [0.5, 0.6) is 5.75 Å². The second-order valence-corrected chi connectivity index (χ2v) is 8.85. The summed E-state index contributed by atoms with van der Waals surface area (Å²) in [5, 5.41) is 7.27. The lowest BCUT2D eigenvalue weighted by molar-refractivity contribution is 0.306. The second-order valence-electron chi connectivity index (χ2n) is 7.39. The van der Waals surface area contributed by atoms with Crippen molar-refractivity contribution >= 4 is 44.7 Å². The normalized spacial score (nSPS) is 15.3. The highest BCUT2D eigenvalue weighted by Gasteiger charge is 2.12. The molecule has 2 N–H and O–H groups in total. The first-order valence-electron chi connectivity index (χ1n) is 10.3. The molecule has 6 nitrogen and oxygen atoms in total. The Morgan fingerprint density at radius 2 is 2.22 bits per heavy atom. The third-order valence-electron chi connectivity index (χ3n) is 5.05. The molecule has 1 fully saturated rings. The first-order chi connectivity index (χ1) is 15.7. The van der Waals surface area contributed by atoms with Crippen LogP contribution in [0.15, 0.2) is 55.1 Å². The van der Waals surface area contributed by atoms with Crippen LogP contribution in [0.3, 0.4) is 0 Å². The van der Waals surface area contributed by atoms with E-state index >= 15 is 0 Å². The van der Waals surface area contributed by atoms with Gasteiger partial charge in [-0.05, 0) is 49.7 Å². The van der Waals surface area contributed by atoms with Crippen molar-refractivity contribution in [3.63, 3.8) is 0 Å². The highest BCUT2D eigenvalue weighted by Crippen LogP contribution is 2.33. The second kappa shape index (κ2) is 9.53. The molecule has 8 heteroatoms. The predicted octanol–water partition coefficient (Wildman–Crippen LogP) is 5.17. The third kappa shape index (κ3) is 4.83. The molecule has 0 radical (unpaired) electrons. The van der Waals surface area contributed by atoms with Crippen molar-refractivity contribution in [2.24, 2.45) is 0 Å². The number of aromatic nitrogens is 3. The molecule has 0 bridgehead atoms. The lowest BCUT2D eigenvalue weighted by atomic mass is 10.2. The van der Waals surface area contributed by atoms with E-state index in [0.717, 1.165) is 45.1 Å². The fourth-order valence-corrected chi connectivity index (χ4v) is 4.60. The van der Waals surface area contributed by atoms with E-state index in [2.05, 4.69) is 37.4 Å². The van der Waals surface area contributed by atoms with Crippen LogP contribution in [0.25, 0.3) is 10.2 Å². The monoisotopic (exact) mass is 461 g/mol. The molecule has 160 valence electrons. The van der Waals surface area contributed by atoms with E-state index in [1.807, 2.05) is 36.4 Å². The molecule has 0 unspecified atom stereocenters. The van der Waals surface area contributed by atoms with Gasteiger partial charge in [0.1, 0.15) is 18.7 Å². The van der Waals surface area contributed by atoms with Crippen LogP contribution in [0.4, 0.5) is 11.5 Å². The molecule has 0 aliphatic carbocycles. The molecule has 1 aliphatic rings. The SMILES string of the molecule is Clc1cc(Nc2ncnc3cc(C#C[C@@H]4CCCN4)sc23)ccc1OCc1cccnc1. The zero-order chi connectivity index (χ0) is 21.8. The number of ether oxygens (including phenoxy) is 1. The van der Waals surface area contributed by atoms with Gasteiger partial charge in [0.15, 0.2) is 5.82 Å². The minimum Gasteiger partial charge on any atom is -0.487 e. The Labute approximate surface area is 195 Å². The molecule has 5 rings (SSSR count). The van der Waals surface area contributed by atoms with Crippen LogP contribution in [0.2, 0.25) is 5.02 Å². The van der Waals surface area contributed by atoms with Crippen LogP contribution < -0.4 is 15.4 Å². The third-order valence-corrected chi connectivity index (χ3v) is 6.39. The summed E-state index contributed by atoms with van der Waals surface area (Å²) in [5.41, 5.74) is 2.67. The van der Waals surface area contributed by atoms with Gasteiger partial charge in [-0.25, -0.2) is 9.97 Å². The van der Waals surface area contributed by atoms with Crippen LogP contribution >= 0.6 is 22.9 Å². The highest BCUT2D eigenvalue weighted by atomic mass is 35.5. The van der Waals surface area contributed by atoms with Crippen LogP contribution in [-0.4, -0.2) is 27.5 Å². The Bertz CT molecular complexity index is 1290. The number of benzene rings is 1. The minimum atomic E-state index is 0.282. The van der Waals surface area contributed by atoms with Crippen molar-refractivity contribution in [3.8, 4) is 17.6 Å². The van der Waals surface area contributed by atoms with Gasteiger partial charge in [-0.3, -0.25) is 4.98 Å². The van der Waals surface area contributed by atoms with Gasteiger partial charge in [0.2, 0.25) is 0 Å². The van der Waals surface area contributed by atoms with Crippen molar-refractivity contribution in [2.45, 2.75) is 25.5 Å². The number of fused-ring (bicyclic) bond motifs is 1. The Morgan fingerprint density at radius 3 is 3.03 bits per heavy atom. The number of nitrogens with one attached hydrogen (secondary N) is 2. The van der Waals surface area contributed by atoms with E-state index in [1.165, 1.54) is 6.42 Å². The maximum absolute atomic E-state index is 6.45. The van der Waals surface area contributed by atoms with Crippen molar-refractivity contribution in [1.82, 2.24) is 20.3 Å². The number of thiophene rings is 1. The van der Waals surface area contributed by atoms with Gasteiger partial charge < -0.3 is 15.4 Å². The quantitative estimate of drug-likeness (QED) is 0.400. The van der Waals surface area contributed by atoms with Gasteiger partial charge in [-0.1, -0.05) is 29.5 Å². The number of anilines is 2. The van der Waals surface area contributed by atoms with E-state index in [4.69, 9.17) is 16.3 Å². The molecule has 4 aromatic rings. The summed E-state index contributed by atoms with van der Waals surface area (Å²) in [6.45, 7) is 1.45. The van der Waals surface area contributed by atoms with Crippen LogP contribution in [0.1, 0.15) is 23.3 Å². The fourth-order valence-electron chi connectivity index (χ4n) is 3.45. The molecule has 1 aromatic carbocycles. The minimum absolute atomic E-state index is 0.282. The van der Waals surface area contributed by atoms with Crippen molar-refractivity contribution in [2.75, 3.05) is 11.9 Å². The molecular formula is C24H20ClN5OS. The van der Waals surface area contributed by atoms with E-state index in [-0.39, 0.29) is 6.04 Å². The zero-order valence-corrected chi connectivity index (χ0v) is 18.7. The smallest absolute Gasteiger partial charge is 0.151 e. The van der Waals surface area contributed by atoms with Crippen molar-refractivity contribution < 1.29 is 4.74 Å². The lowest BCUT2D eigenvalue weighted by Crippen LogP contribution is -2.18. The van der Waals surface area contributed by atoms with Gasteiger partial charge in [0, 0.05) is 23.6 Å². The number of rotatable bonds is 5. The van der Waals surface area contributed by atoms with Crippen LogP contribution in [-0.2, 0) is 6.61 Å². The van der Waals surface area contributed by atoms with Gasteiger partial charge in [-0.2, -0.15) is 0 Å². The zero-order valence-electron chi connectivity index (χ0n) is 17.1. The highest BCUT2D eigenvalue weighted by molar-refractivity contribution is 7.20. The summed E-state index contributed by atoms with van der Waals surface area (Å²) in [7, 11) is 0. The summed E-state index contributed by atoms with van der Waals surface area (Å²) in [6, 6.07) is 11.7. The summed E-state index contributed by atoms with van der Waals surface area (Å²) < 4.78 is 6.79. The lowest BCUT2D eigenvalue weighted by Gasteiger charge is -2.11. The standard InChI is InChI=1S/C24H20ClN5OS/c25-20-11-18(6-8-22(20)31-14-16-3-1-9-26-13-16)30-24-23-21(28-15-29-24)12-19(32-23)7-5-17-4-2-10-27-17/h1,3,6,8-9,11-13,15,17,27H,2,4,10,14H2,(H,28,29,30)/t17-/m0/s1. The number of hydrogen-bond donors (Lipinski definition) is 2. The maximum Gasteiger partial charge on any atom is 0.151 e. The summed E-state index contributed by atoms with van der Waals surface area (Å²) >= 11 is 8.04. The summed E-state index contributed by atoms with van der Waals surface area (Å²) in [4.78, 5) is 13.9. The fraction of sp³-hybridized carbons (Fsp3) is 0.208. The van der Waals surface area contributed by atoms with E-state index in [1.54, 1.807) is 30.1 Å². The number of pyridine rings is 1. The van der Waals surface area contributed by atoms with E-state index in [9.17, 15) is 0 Å². The first-order valence-corrected chi connectivity index (χ1v) is 11.5. The Hall–Kier alpha value is -3.18. The largest absolute Gasteiger partial charge is 0.487 e. The van der Waals surface area contributed by atoms with Gasteiger partial charge in [0.05, 0.1) is 26.2 Å². The topological polar surface area (TPSA) is 72.0 Å². The van der Waals surface area contributed by atoms with Crippen LogP contribution in [0, 0.1) is 11.8 Å². The predicted molar refractivity (Wildman–Crippen MR) is 129 cm³/mol. The summed E-state index contributed by atoms with van der Waals surface area (Å²) in [5.74, 6) is 7.93. The van der Waals surface area contributed by atoms with Crippen molar-refractivity contribution in [1.29, 1.82) is 0 Å². The van der Waals surface area contributed by atoms with E-state index < -0.39 is 0 Å². The number of nitrogens with zero attached hydrogens (tertiary/aromatic N) is 3. The molecule has 1 saturated heterocycles. The Morgan fingerprint density at radius 1 is 1.25 bits per heavy atom. The molecule has 4 heterocycles. The molecule has 1 atom stereocenters. The molecule has 0 saturated carbocycles. The Balaban J connectivity index is 1.32. The van der Waals surface area contributed by atoms with Crippen molar-refractivity contribution in [3.05, 3.63) is 70.6 Å². The average Bonchev–Trinajstić information content (AvgIpc) is 3.48. The molecule has 1 aliphatic heterocycles. The van der Waals surface area contributed by atoms with Gasteiger partial charge >= 0.3 is 0 Å². The summed E-state index contributed by atoms with van der Waals surface area (Å²) in [6.07, 6.45) is 7.35. The number of halogens is 1. The molecule has 0 spiro atoms. The molecule has 0 amide bonds. The molecule has 32 heavy (non-hydrogen) atoms. The van der Waals surface area contributed by atoms with Gasteiger partial charge in [-0.15, -0.1) is 11.3 Å². The molecule has 3 aromatic heterocycles. The van der Waals surface area contributed by atoms with Gasteiger partial charge in [0.25, 0.3) is 0 Å². The number of hydrogen-bond acceptors (Lipinski definition) is 7. The Kier molecular flexibility index (Phi) is 6.17. The average molecular weight is 462 g/mol. The maximum atomic E-state index is 6.45. The molecular weight excluding hydrogens is 442 g/mol.